The molecule has 18 aromatic rings. The van der Waals surface area contributed by atoms with E-state index in [0.29, 0.717) is 104 Å². The van der Waals surface area contributed by atoms with Crippen LogP contribution in [0.4, 0.5) is 32.9 Å². The first kappa shape index (κ1) is 84.9. The third-order valence-corrected chi connectivity index (χ3v) is 27.3. The van der Waals surface area contributed by atoms with Crippen molar-refractivity contribution < 1.29 is 34.1 Å². The van der Waals surface area contributed by atoms with Crippen LogP contribution in [0.2, 0.25) is 9.36 Å². The number of nitrogens with zero attached hydrogens (tertiary/aromatic N) is 17. The number of halogens is 2. The van der Waals surface area contributed by atoms with Crippen LogP contribution in [0.15, 0.2) is 182 Å². The molecule has 0 saturated heterocycles. The molecule has 0 unspecified atom stereocenters. The maximum Gasteiger partial charge on any atom is 0.319 e. The molecule has 130 heavy (non-hydrogen) atoms. The van der Waals surface area contributed by atoms with Gasteiger partial charge in [-0.25, -0.2) is 54.0 Å². The zero-order valence-corrected chi connectivity index (χ0v) is 74.6. The summed E-state index contributed by atoms with van der Waals surface area (Å²) in [6, 6.07) is 40.5. The Labute approximate surface area is 760 Å². The summed E-state index contributed by atoms with van der Waals surface area (Å²) in [6.07, 6.45) is 23.3. The third-order valence-electron chi connectivity index (χ3n) is 24.8. The minimum absolute atomic E-state index is 0.00682. The molecule has 0 radical (unpaired) electrons. The van der Waals surface area contributed by atoms with Crippen molar-refractivity contribution >= 4 is 170 Å². The van der Waals surface area contributed by atoms with Crippen LogP contribution in [0.3, 0.4) is 0 Å². The van der Waals surface area contributed by atoms with Gasteiger partial charge < -0.3 is 77.4 Å². The van der Waals surface area contributed by atoms with E-state index in [1.54, 1.807) is 79.5 Å². The van der Waals surface area contributed by atoms with Crippen LogP contribution in [-0.2, 0) is 9.59 Å². The van der Waals surface area contributed by atoms with Gasteiger partial charge in [-0.15, -0.1) is 22.7 Å². The zero-order chi connectivity index (χ0) is 90.0. The number of imidazole rings is 4. The molecule has 4 aliphatic rings. The Kier molecular flexibility index (Phi) is 23.0. The maximum absolute atomic E-state index is 12.3. The Morgan fingerprint density at radius 1 is 0.485 bits per heavy atom. The molecular formula is C94H91Cl2N25O7S2. The number of carbonyl (C=O) groups is 4. The lowest BCUT2D eigenvalue weighted by Crippen LogP contribution is -2.41. The molecule has 14 N–H and O–H groups in total. The summed E-state index contributed by atoms with van der Waals surface area (Å²) in [5, 5.41) is 30.1. The molecule has 660 valence electrons. The van der Waals surface area contributed by atoms with Crippen LogP contribution >= 0.6 is 45.9 Å². The molecular weight excluding hydrogens is 1730 g/mol. The number of aromatic amines is 4. The Bertz CT molecular complexity index is 7490. The molecule has 14 aromatic heterocycles. The van der Waals surface area contributed by atoms with Gasteiger partial charge in [0.05, 0.1) is 73.1 Å². The van der Waals surface area contributed by atoms with E-state index in [1.807, 2.05) is 108 Å². The number of methoxy groups -OCH3 is 1. The second-order valence-electron chi connectivity index (χ2n) is 33.2. The largest absolute Gasteiger partial charge is 0.495 e. The average Bonchev–Trinajstić information content (AvgIpc) is 1.61. The van der Waals surface area contributed by atoms with E-state index in [9.17, 15) is 29.4 Å². The van der Waals surface area contributed by atoms with E-state index >= 15 is 0 Å². The molecule has 36 heteroatoms. The van der Waals surface area contributed by atoms with Gasteiger partial charge in [0.2, 0.25) is 0 Å². The lowest BCUT2D eigenvalue weighted by Gasteiger charge is -2.28. The summed E-state index contributed by atoms with van der Waals surface area (Å²) in [5.41, 5.74) is 42.7. The number of carboxylic acids is 2. The number of ether oxygens (including phenoxy) is 1. The van der Waals surface area contributed by atoms with E-state index in [-0.39, 0.29) is 35.7 Å². The first-order valence-electron chi connectivity index (χ1n) is 42.6. The summed E-state index contributed by atoms with van der Waals surface area (Å²) >= 11 is 15.8. The molecule has 2 fully saturated rings. The van der Waals surface area contributed by atoms with Gasteiger partial charge in [-0.1, -0.05) is 102 Å². The molecule has 22 rings (SSSR count). The van der Waals surface area contributed by atoms with Gasteiger partial charge in [0, 0.05) is 146 Å². The van der Waals surface area contributed by atoms with Crippen LogP contribution in [0, 0.1) is 11.8 Å². The summed E-state index contributed by atoms with van der Waals surface area (Å²) < 4.78 is 14.0. The number of benzene rings is 4. The summed E-state index contributed by atoms with van der Waals surface area (Å²) in [4.78, 5) is 108. The van der Waals surface area contributed by atoms with Crippen LogP contribution < -0.4 is 27.7 Å². The highest BCUT2D eigenvalue weighted by Gasteiger charge is 2.35. The number of fused-ring (bicyclic) bond motifs is 8. The Hall–Kier alpha value is -14.6. The molecule has 16 heterocycles. The number of hydrogen-bond donors (Lipinski definition) is 10. The van der Waals surface area contributed by atoms with E-state index in [1.165, 1.54) is 22.5 Å². The van der Waals surface area contributed by atoms with E-state index < -0.39 is 11.9 Å². The monoisotopic (exact) mass is 1820 g/mol. The van der Waals surface area contributed by atoms with Crippen LogP contribution in [0.1, 0.15) is 99.3 Å². The number of carbonyl (C=O) groups excluding carboxylic acids is 2. The lowest BCUT2D eigenvalue weighted by atomic mass is 9.81. The van der Waals surface area contributed by atoms with Crippen molar-refractivity contribution in [1.29, 1.82) is 0 Å². The summed E-state index contributed by atoms with van der Waals surface area (Å²) in [5.74, 6) is 4.04. The van der Waals surface area contributed by atoms with Crippen molar-refractivity contribution in [3.8, 4) is 72.2 Å². The first-order valence-corrected chi connectivity index (χ1v) is 45.1. The Balaban J connectivity index is 0.000000112. The van der Waals surface area contributed by atoms with Crippen molar-refractivity contribution in [2.45, 2.75) is 76.0 Å². The van der Waals surface area contributed by atoms with Gasteiger partial charge in [0.1, 0.15) is 97.7 Å². The second-order valence-corrected chi connectivity index (χ2v) is 36.2. The number of rotatable bonds is 13. The fourth-order valence-electron chi connectivity index (χ4n) is 18.3. The summed E-state index contributed by atoms with van der Waals surface area (Å²) in [7, 11) is 8.71. The number of nitrogens with one attached hydrogen (secondary N) is 4. The van der Waals surface area contributed by atoms with Gasteiger partial charge in [-0.05, 0) is 135 Å². The molecule has 0 bridgehead atoms. The second kappa shape index (κ2) is 35.2. The van der Waals surface area contributed by atoms with E-state index in [0.717, 1.165) is 186 Å². The molecule has 0 spiro atoms. The van der Waals surface area contributed by atoms with Gasteiger partial charge >= 0.3 is 24.0 Å². The minimum atomic E-state index is -0.723. The number of aliphatic carboxylic acids is 2. The number of urea groups is 2. The lowest BCUT2D eigenvalue weighted by molar-refractivity contribution is -0.143. The number of anilines is 4. The topological polar surface area (TPSA) is 432 Å². The van der Waals surface area contributed by atoms with Crippen LogP contribution in [-0.4, -0.2) is 198 Å². The van der Waals surface area contributed by atoms with Crippen molar-refractivity contribution in [1.82, 2.24) is 102 Å². The fraction of sp³-hybridized carbons (Fsp3) is 0.245. The smallest absolute Gasteiger partial charge is 0.319 e. The maximum atomic E-state index is 12.3. The Morgan fingerprint density at radius 2 is 0.923 bits per heavy atom. The predicted molar refractivity (Wildman–Crippen MR) is 511 cm³/mol. The fourth-order valence-corrected chi connectivity index (χ4v) is 20.4. The van der Waals surface area contributed by atoms with Crippen LogP contribution in [0.25, 0.3) is 143 Å². The Morgan fingerprint density at radius 3 is 1.39 bits per heavy atom. The standard InChI is InChI=1S/C25H23N5O2S.C24H21ClN6O2S.C23H25N7O2.C22H22ClN7O/c26-23-22-21(18-13-16-3-1-4-17(20(16)28-18)19-5-2-12-33-19)29-24(30(22)11-10-27-23)14-6-8-15(9-7-14)25(31)32;25-18-9-8-17(34-18)15-3-1-2-14-10-16(29-19(14)15)20-21-22(26)27-11-28-31(21)23(30-20)12-4-6-13(7-5-12)24(32)33;1-28(2)23(31)29-10-7-14(8-11-29)22-27-19(20-21(24)25-9-12-30(20)22)16-13-15-5-4-6-17(32-3)18(15)26-16;1-28(2)22(31)29-9-6-13(7-10-29)21-27-18(19-20(24)25-8-11-30(19)21)16-12-14-4-3-5-15(23)17(14)26-16/h1-5,10-15,28H,6-9H2,(H2,26,27)(H,31,32);1-3,8-13,29H,4-7H2,(H,32,33)(H2,26,27,28);4-7,9,12-13,26H,8,10-11H2,1-3H3,(H2,24,25);3-6,8,11-12,26H,7,9-10H2,1-2H3,(H2,24,25). The number of nitrogen functional groups attached to an aromatic ring is 4. The zero-order valence-electron chi connectivity index (χ0n) is 71.4. The molecule has 32 nitrogen and oxygen atoms in total. The highest BCUT2D eigenvalue weighted by molar-refractivity contribution is 7.19. The quantitative estimate of drug-likeness (QED) is 0.0512. The number of amides is 4. The van der Waals surface area contributed by atoms with Gasteiger partial charge in [0.15, 0.2) is 5.82 Å². The number of nitrogens with two attached hydrogens (primary N) is 4. The molecule has 0 atom stereocenters. The highest BCUT2D eigenvalue weighted by Crippen LogP contribution is 2.46. The summed E-state index contributed by atoms with van der Waals surface area (Å²) in [6.45, 7) is 2.35. The number of carboxylic acid groups (broad SMARTS) is 2. The van der Waals surface area contributed by atoms with Gasteiger partial charge in [0.25, 0.3) is 0 Å². The van der Waals surface area contributed by atoms with Crippen LogP contribution in [0.5, 0.6) is 5.75 Å². The number of aromatic nitrogens is 17. The molecule has 2 saturated carbocycles. The van der Waals surface area contributed by atoms with Crippen molar-refractivity contribution in [2.24, 2.45) is 11.8 Å². The highest BCUT2D eigenvalue weighted by atomic mass is 35.5. The SMILES string of the molecule is CN(C)C(=O)N1CC=C(c2nc(-c3cc4cccc(Cl)c4[nH]3)c3c(N)nccn23)CC1.COc1cccc2cc(-c3nc(C4=CCN(C(=O)N(C)C)CC4)n4ccnc(N)c34)[nH]c12.Nc1nccn2c(C3CCC(C(=O)O)CC3)nc(-c3cc4cccc(-c5cccs5)c4[nH]3)c12.Nc1ncnn2c(C3CCC(C(=O)O)CC3)nc(-c3cc4cccc(-c5ccc(Cl)s5)c4[nH]3)c12. The normalized spacial score (nSPS) is 16.5. The number of thiophene rings is 2. The third kappa shape index (κ3) is 16.0. The molecule has 2 aliphatic heterocycles. The van der Waals surface area contributed by atoms with Crippen molar-refractivity contribution in [3.63, 3.8) is 0 Å². The molecule has 4 amide bonds. The average molecular weight is 1820 g/mol. The number of H-pyrrole nitrogens is 4. The number of para-hydroxylation sites is 4. The molecule has 4 aromatic carbocycles. The first-order chi connectivity index (χ1) is 63.0. The van der Waals surface area contributed by atoms with E-state index in [4.69, 9.17) is 70.8 Å². The van der Waals surface area contributed by atoms with Gasteiger partial charge in [-0.2, -0.15) is 5.10 Å². The minimum Gasteiger partial charge on any atom is -0.495 e. The van der Waals surface area contributed by atoms with Crippen molar-refractivity contribution in [2.75, 3.05) is 84.4 Å². The van der Waals surface area contributed by atoms with E-state index in [2.05, 4.69) is 117 Å². The molecule has 2 aliphatic carbocycles. The van der Waals surface area contributed by atoms with Crippen molar-refractivity contribution in [3.05, 3.63) is 215 Å². The number of hydrogen-bond acceptors (Lipinski definition) is 20. The van der Waals surface area contributed by atoms with Gasteiger partial charge in [-0.3, -0.25) is 22.8 Å². The predicted octanol–water partition coefficient (Wildman–Crippen LogP) is 18.3.